The van der Waals surface area contributed by atoms with Gasteiger partial charge in [0, 0.05) is 5.25 Å². The molecule has 3 unspecified atom stereocenters. The van der Waals surface area contributed by atoms with E-state index in [2.05, 4.69) is 31.3 Å². The van der Waals surface area contributed by atoms with E-state index in [0.29, 0.717) is 11.5 Å². The smallest absolute Gasteiger partial charge is 0.0628 e. The second-order valence-corrected chi connectivity index (χ2v) is 7.53. The van der Waals surface area contributed by atoms with E-state index >= 15 is 0 Å². The summed E-state index contributed by atoms with van der Waals surface area (Å²) < 4.78 is 0. The maximum atomic E-state index is 4.66. The van der Waals surface area contributed by atoms with E-state index in [1.807, 2.05) is 11.8 Å². The van der Waals surface area contributed by atoms with Crippen molar-refractivity contribution in [2.75, 3.05) is 0 Å². The minimum atomic E-state index is 0.572. The van der Waals surface area contributed by atoms with Crippen molar-refractivity contribution in [3.05, 3.63) is 0 Å². The summed E-state index contributed by atoms with van der Waals surface area (Å²) in [5, 5.41) is 0.804. The summed E-state index contributed by atoms with van der Waals surface area (Å²) >= 11 is 1.98. The molecule has 3 atom stereocenters. The van der Waals surface area contributed by atoms with E-state index in [0.717, 1.165) is 11.2 Å². The van der Waals surface area contributed by atoms with Gasteiger partial charge in [0.15, 0.2) is 0 Å². The highest BCUT2D eigenvalue weighted by atomic mass is 32.2. The fraction of sp³-hybridized carbons (Fsp3) is 0.933. The maximum Gasteiger partial charge on any atom is 0.0628 e. The van der Waals surface area contributed by atoms with Crippen molar-refractivity contribution in [3.8, 4) is 0 Å². The summed E-state index contributed by atoms with van der Waals surface area (Å²) in [6.07, 6.45) is 9.70. The van der Waals surface area contributed by atoms with Gasteiger partial charge in [-0.3, -0.25) is 4.99 Å². The third-order valence-electron chi connectivity index (χ3n) is 5.05. The SMILES string of the molecule is CC(C)C1(C)CCCCC2SC=NC2CCC1. The Morgan fingerprint density at radius 1 is 1.18 bits per heavy atom. The van der Waals surface area contributed by atoms with Crippen LogP contribution in [0.5, 0.6) is 0 Å². The molecule has 0 amide bonds. The van der Waals surface area contributed by atoms with Gasteiger partial charge in [-0.2, -0.15) is 0 Å². The molecule has 0 N–H and O–H groups in total. The summed E-state index contributed by atoms with van der Waals surface area (Å²) in [6, 6.07) is 0.634. The lowest BCUT2D eigenvalue weighted by atomic mass is 9.71. The number of hydrogen-bond acceptors (Lipinski definition) is 2. The zero-order valence-electron chi connectivity index (χ0n) is 11.6. The van der Waals surface area contributed by atoms with Crippen molar-refractivity contribution in [2.24, 2.45) is 16.3 Å². The average molecular weight is 253 g/mol. The Labute approximate surface area is 111 Å². The molecule has 2 rings (SSSR count). The quantitative estimate of drug-likeness (QED) is 0.647. The van der Waals surface area contributed by atoms with Crippen LogP contribution < -0.4 is 0 Å². The topological polar surface area (TPSA) is 12.4 Å². The van der Waals surface area contributed by atoms with Crippen LogP contribution in [0.4, 0.5) is 0 Å². The molecule has 0 saturated heterocycles. The molecule has 0 spiro atoms. The van der Waals surface area contributed by atoms with E-state index in [4.69, 9.17) is 0 Å². The lowest BCUT2D eigenvalue weighted by Crippen LogP contribution is -2.26. The van der Waals surface area contributed by atoms with Crippen LogP contribution in [0.15, 0.2) is 4.99 Å². The number of aliphatic imine (C=N–C) groups is 1. The van der Waals surface area contributed by atoms with E-state index in [9.17, 15) is 0 Å². The first-order valence-corrected chi connectivity index (χ1v) is 8.23. The van der Waals surface area contributed by atoms with Crippen molar-refractivity contribution < 1.29 is 0 Å². The van der Waals surface area contributed by atoms with Crippen LogP contribution in [-0.4, -0.2) is 16.8 Å². The molecule has 17 heavy (non-hydrogen) atoms. The molecular weight excluding hydrogens is 226 g/mol. The Bertz CT molecular complexity index is 274. The Kier molecular flexibility index (Phi) is 4.57. The molecule has 1 fully saturated rings. The molecule has 0 aromatic heterocycles. The standard InChI is InChI=1S/C15H27NS/c1-12(2)15(3)9-5-4-8-14-13(7-6-10-15)16-11-17-14/h11-14H,4-10H2,1-3H3. The van der Waals surface area contributed by atoms with E-state index < -0.39 is 0 Å². The summed E-state index contributed by atoms with van der Waals surface area (Å²) in [7, 11) is 0. The largest absolute Gasteiger partial charge is 0.282 e. The molecule has 1 aliphatic carbocycles. The van der Waals surface area contributed by atoms with Gasteiger partial charge in [0.2, 0.25) is 0 Å². The molecule has 1 nitrogen and oxygen atoms in total. The zero-order valence-corrected chi connectivity index (χ0v) is 12.4. The highest BCUT2D eigenvalue weighted by molar-refractivity contribution is 8.12. The van der Waals surface area contributed by atoms with E-state index in [1.165, 1.54) is 44.9 Å². The molecule has 1 aliphatic heterocycles. The lowest BCUT2D eigenvalue weighted by molar-refractivity contribution is 0.164. The molecule has 0 radical (unpaired) electrons. The van der Waals surface area contributed by atoms with Gasteiger partial charge in [-0.05, 0) is 37.0 Å². The minimum Gasteiger partial charge on any atom is -0.282 e. The van der Waals surface area contributed by atoms with Crippen molar-refractivity contribution in [1.29, 1.82) is 0 Å². The Morgan fingerprint density at radius 3 is 2.71 bits per heavy atom. The summed E-state index contributed by atoms with van der Waals surface area (Å²) in [5.41, 5.74) is 2.68. The van der Waals surface area contributed by atoms with Gasteiger partial charge < -0.3 is 0 Å². The van der Waals surface area contributed by atoms with Crippen LogP contribution in [0.25, 0.3) is 0 Å². The van der Waals surface area contributed by atoms with Crippen molar-refractivity contribution in [3.63, 3.8) is 0 Å². The second kappa shape index (κ2) is 5.77. The average Bonchev–Trinajstić information content (AvgIpc) is 2.72. The molecule has 0 aromatic carbocycles. The fourth-order valence-electron chi connectivity index (χ4n) is 3.19. The van der Waals surface area contributed by atoms with E-state index in [-0.39, 0.29) is 0 Å². The highest BCUT2D eigenvalue weighted by Gasteiger charge is 2.31. The van der Waals surface area contributed by atoms with Gasteiger partial charge >= 0.3 is 0 Å². The molecule has 2 aliphatic rings. The van der Waals surface area contributed by atoms with Crippen LogP contribution in [0.2, 0.25) is 0 Å². The van der Waals surface area contributed by atoms with Crippen LogP contribution >= 0.6 is 11.8 Å². The second-order valence-electron chi connectivity index (χ2n) is 6.44. The molecular formula is C15H27NS. The van der Waals surface area contributed by atoms with Crippen molar-refractivity contribution in [2.45, 2.75) is 77.0 Å². The molecule has 1 saturated carbocycles. The van der Waals surface area contributed by atoms with Crippen LogP contribution in [0, 0.1) is 11.3 Å². The normalized spacial score (nSPS) is 39.3. The monoisotopic (exact) mass is 253 g/mol. The third kappa shape index (κ3) is 3.27. The summed E-state index contributed by atoms with van der Waals surface area (Å²) in [6.45, 7) is 7.31. The van der Waals surface area contributed by atoms with Gasteiger partial charge in [-0.15, -0.1) is 11.8 Å². The number of rotatable bonds is 1. The zero-order chi connectivity index (χ0) is 12.3. The Hall–Kier alpha value is 0.0200. The molecule has 0 bridgehead atoms. The number of nitrogens with zero attached hydrogens (tertiary/aromatic N) is 1. The fourth-order valence-corrected chi connectivity index (χ4v) is 4.26. The molecule has 2 heteroatoms. The highest BCUT2D eigenvalue weighted by Crippen LogP contribution is 2.41. The lowest BCUT2D eigenvalue weighted by Gasteiger charge is -2.35. The van der Waals surface area contributed by atoms with Gasteiger partial charge in [0.1, 0.15) is 0 Å². The Morgan fingerprint density at radius 2 is 1.94 bits per heavy atom. The number of fused-ring (bicyclic) bond motifs is 1. The minimum absolute atomic E-state index is 0.572. The first kappa shape index (κ1) is 13.5. The van der Waals surface area contributed by atoms with Crippen LogP contribution in [-0.2, 0) is 0 Å². The molecule has 1 heterocycles. The predicted molar refractivity (Wildman–Crippen MR) is 78.9 cm³/mol. The first-order valence-electron chi connectivity index (χ1n) is 7.29. The van der Waals surface area contributed by atoms with Crippen LogP contribution in [0.3, 0.4) is 0 Å². The van der Waals surface area contributed by atoms with E-state index in [1.54, 1.807) is 0 Å². The van der Waals surface area contributed by atoms with Crippen molar-refractivity contribution in [1.82, 2.24) is 0 Å². The maximum absolute atomic E-state index is 4.66. The first-order chi connectivity index (χ1) is 8.12. The molecule has 0 aromatic rings. The van der Waals surface area contributed by atoms with Gasteiger partial charge in [0.25, 0.3) is 0 Å². The van der Waals surface area contributed by atoms with Gasteiger partial charge in [0.05, 0.1) is 11.6 Å². The van der Waals surface area contributed by atoms with Crippen LogP contribution in [0.1, 0.15) is 65.7 Å². The summed E-state index contributed by atoms with van der Waals surface area (Å²) in [4.78, 5) is 4.66. The van der Waals surface area contributed by atoms with Gasteiger partial charge in [-0.1, -0.05) is 40.0 Å². The third-order valence-corrected chi connectivity index (χ3v) is 6.19. The number of thioether (sulfide) groups is 1. The number of hydrogen-bond donors (Lipinski definition) is 0. The molecule has 98 valence electrons. The summed E-state index contributed by atoms with van der Waals surface area (Å²) in [5.74, 6) is 0.819. The van der Waals surface area contributed by atoms with Gasteiger partial charge in [-0.25, -0.2) is 0 Å². The predicted octanol–water partition coefficient (Wildman–Crippen LogP) is 4.91. The van der Waals surface area contributed by atoms with Crippen molar-refractivity contribution >= 4 is 17.3 Å². The Balaban J connectivity index is 1.95.